The maximum atomic E-state index is 13.4. The Bertz CT molecular complexity index is 1370. The zero-order chi connectivity index (χ0) is 26.9. The van der Waals surface area contributed by atoms with Gasteiger partial charge in [0.25, 0.3) is 11.5 Å². The number of piperazine rings is 1. The van der Waals surface area contributed by atoms with Gasteiger partial charge in [0.05, 0.1) is 22.2 Å². The standard InChI is InChI=1S/C25H28F3N5O3S/c1-4-30(5-2)19(34)14-33-15-29-22-20(23(33)35)16(3)21(37-22)24(36)32-12-10-31(11-13-32)18-9-7-6-8-17(18)25(26,27)28/h6-9,15H,4-5,10-14H2,1-3H3. The number of nitrogens with zero attached hydrogens (tertiary/aromatic N) is 5. The van der Waals surface area contributed by atoms with Crippen LogP contribution in [0.4, 0.5) is 18.9 Å². The number of amides is 2. The molecule has 0 bridgehead atoms. The van der Waals surface area contributed by atoms with E-state index in [-0.39, 0.29) is 55.8 Å². The SMILES string of the molecule is CCN(CC)C(=O)Cn1cnc2sc(C(=O)N3CCN(c4ccccc4C(F)(F)F)CC3)c(C)c2c1=O. The van der Waals surface area contributed by atoms with E-state index in [1.165, 1.54) is 23.0 Å². The molecular formula is C25H28F3N5O3S. The highest BCUT2D eigenvalue weighted by atomic mass is 32.1. The Labute approximate surface area is 215 Å². The first kappa shape index (κ1) is 26.6. The summed E-state index contributed by atoms with van der Waals surface area (Å²) < 4.78 is 41.6. The molecule has 1 aliphatic heterocycles. The molecule has 1 saturated heterocycles. The minimum atomic E-state index is -4.46. The number of thiophene rings is 1. The predicted molar refractivity (Wildman–Crippen MR) is 136 cm³/mol. The van der Waals surface area contributed by atoms with Crippen LogP contribution in [-0.4, -0.2) is 70.4 Å². The number of alkyl halides is 3. The summed E-state index contributed by atoms with van der Waals surface area (Å²) in [6.07, 6.45) is -3.14. The van der Waals surface area contributed by atoms with Crippen molar-refractivity contribution in [3.05, 3.63) is 57.0 Å². The average molecular weight is 536 g/mol. The van der Waals surface area contributed by atoms with Crippen molar-refractivity contribution >= 4 is 39.1 Å². The molecule has 0 saturated carbocycles. The number of rotatable bonds is 6. The second kappa shape index (κ2) is 10.5. The molecule has 37 heavy (non-hydrogen) atoms. The van der Waals surface area contributed by atoms with Crippen LogP contribution >= 0.6 is 11.3 Å². The van der Waals surface area contributed by atoms with Gasteiger partial charge in [0, 0.05) is 45.0 Å². The van der Waals surface area contributed by atoms with Gasteiger partial charge in [-0.25, -0.2) is 4.98 Å². The van der Waals surface area contributed by atoms with E-state index in [0.717, 1.165) is 17.4 Å². The maximum absolute atomic E-state index is 13.4. The van der Waals surface area contributed by atoms with E-state index in [1.54, 1.807) is 27.7 Å². The van der Waals surface area contributed by atoms with Gasteiger partial charge in [-0.15, -0.1) is 11.3 Å². The van der Waals surface area contributed by atoms with Gasteiger partial charge >= 0.3 is 6.18 Å². The van der Waals surface area contributed by atoms with E-state index in [9.17, 15) is 27.6 Å². The number of halogens is 3. The van der Waals surface area contributed by atoms with Crippen molar-refractivity contribution in [2.45, 2.75) is 33.5 Å². The molecular weight excluding hydrogens is 507 g/mol. The molecule has 0 unspecified atom stereocenters. The van der Waals surface area contributed by atoms with Crippen molar-refractivity contribution in [3.8, 4) is 0 Å². The lowest BCUT2D eigenvalue weighted by Gasteiger charge is -2.37. The van der Waals surface area contributed by atoms with Crippen molar-refractivity contribution in [3.63, 3.8) is 0 Å². The van der Waals surface area contributed by atoms with Crippen LogP contribution < -0.4 is 10.5 Å². The summed E-state index contributed by atoms with van der Waals surface area (Å²) in [5.74, 6) is -0.475. The van der Waals surface area contributed by atoms with E-state index in [4.69, 9.17) is 0 Å². The first-order chi connectivity index (χ1) is 17.6. The molecule has 3 aromatic rings. The highest BCUT2D eigenvalue weighted by Crippen LogP contribution is 2.37. The molecule has 0 N–H and O–H groups in total. The number of hydrogen-bond acceptors (Lipinski definition) is 6. The van der Waals surface area contributed by atoms with E-state index in [0.29, 0.717) is 33.7 Å². The number of carbonyl (C=O) groups excluding carboxylic acids is 2. The second-order valence-electron chi connectivity index (χ2n) is 8.77. The highest BCUT2D eigenvalue weighted by molar-refractivity contribution is 7.20. The lowest BCUT2D eigenvalue weighted by molar-refractivity contribution is -0.137. The number of para-hydroxylation sites is 1. The largest absolute Gasteiger partial charge is 0.418 e. The number of anilines is 1. The second-order valence-corrected chi connectivity index (χ2v) is 9.77. The van der Waals surface area contributed by atoms with Crippen molar-refractivity contribution in [1.29, 1.82) is 0 Å². The Hall–Kier alpha value is -3.41. The van der Waals surface area contributed by atoms with Crippen LogP contribution in [0.15, 0.2) is 35.4 Å². The molecule has 2 aromatic heterocycles. The van der Waals surface area contributed by atoms with Crippen molar-refractivity contribution < 1.29 is 22.8 Å². The van der Waals surface area contributed by atoms with Crippen LogP contribution in [0.3, 0.4) is 0 Å². The Kier molecular flexibility index (Phi) is 7.58. The third-order valence-electron chi connectivity index (χ3n) is 6.65. The molecule has 0 spiro atoms. The van der Waals surface area contributed by atoms with Gasteiger partial charge in [-0.3, -0.25) is 19.0 Å². The molecule has 2 amide bonds. The third kappa shape index (κ3) is 5.20. The molecule has 8 nitrogen and oxygen atoms in total. The zero-order valence-corrected chi connectivity index (χ0v) is 21.7. The summed E-state index contributed by atoms with van der Waals surface area (Å²) in [4.78, 5) is 48.9. The van der Waals surface area contributed by atoms with Crippen molar-refractivity contribution in [2.75, 3.05) is 44.2 Å². The lowest BCUT2D eigenvalue weighted by Crippen LogP contribution is -2.49. The molecule has 198 valence electrons. The highest BCUT2D eigenvalue weighted by Gasteiger charge is 2.36. The number of aromatic nitrogens is 2. The van der Waals surface area contributed by atoms with Crippen LogP contribution in [0, 0.1) is 6.92 Å². The molecule has 0 atom stereocenters. The number of hydrogen-bond donors (Lipinski definition) is 0. The fourth-order valence-corrected chi connectivity index (χ4v) is 5.69. The Morgan fingerprint density at radius 2 is 1.73 bits per heavy atom. The maximum Gasteiger partial charge on any atom is 0.418 e. The van der Waals surface area contributed by atoms with E-state index < -0.39 is 11.7 Å². The van der Waals surface area contributed by atoms with Gasteiger partial charge in [0.2, 0.25) is 5.91 Å². The van der Waals surface area contributed by atoms with Crippen LogP contribution in [0.25, 0.3) is 10.2 Å². The van der Waals surface area contributed by atoms with E-state index in [2.05, 4.69) is 4.98 Å². The Morgan fingerprint density at radius 1 is 1.08 bits per heavy atom. The molecule has 1 aliphatic rings. The molecule has 0 radical (unpaired) electrons. The Balaban J connectivity index is 1.53. The van der Waals surface area contributed by atoms with Gasteiger partial charge in [0.1, 0.15) is 11.4 Å². The molecule has 1 aromatic carbocycles. The molecule has 12 heteroatoms. The van der Waals surface area contributed by atoms with E-state index in [1.807, 2.05) is 13.8 Å². The fraction of sp³-hybridized carbons (Fsp3) is 0.440. The Morgan fingerprint density at radius 3 is 2.35 bits per heavy atom. The van der Waals surface area contributed by atoms with Crippen LogP contribution in [-0.2, 0) is 17.5 Å². The predicted octanol–water partition coefficient (Wildman–Crippen LogP) is 3.62. The summed E-state index contributed by atoms with van der Waals surface area (Å²) in [5.41, 5.74) is -0.482. The molecule has 0 aliphatic carbocycles. The quantitative estimate of drug-likeness (QED) is 0.482. The summed E-state index contributed by atoms with van der Waals surface area (Å²) in [6.45, 7) is 7.33. The minimum absolute atomic E-state index is 0.101. The van der Waals surface area contributed by atoms with Crippen LogP contribution in [0.5, 0.6) is 0 Å². The van der Waals surface area contributed by atoms with Gasteiger partial charge in [-0.1, -0.05) is 12.1 Å². The number of aryl methyl sites for hydroxylation is 1. The monoisotopic (exact) mass is 535 g/mol. The first-order valence-corrected chi connectivity index (χ1v) is 12.8. The summed E-state index contributed by atoms with van der Waals surface area (Å²) in [6, 6.07) is 5.43. The van der Waals surface area contributed by atoms with Crippen molar-refractivity contribution in [2.24, 2.45) is 0 Å². The first-order valence-electron chi connectivity index (χ1n) is 12.0. The van der Waals surface area contributed by atoms with Gasteiger partial charge < -0.3 is 14.7 Å². The summed E-state index contributed by atoms with van der Waals surface area (Å²) in [5, 5.41) is 0.306. The van der Waals surface area contributed by atoms with Crippen LogP contribution in [0.2, 0.25) is 0 Å². The fourth-order valence-electron chi connectivity index (χ4n) is 4.58. The molecule has 4 rings (SSSR count). The average Bonchev–Trinajstić information content (AvgIpc) is 3.22. The summed E-state index contributed by atoms with van der Waals surface area (Å²) >= 11 is 1.11. The number of fused-ring (bicyclic) bond motifs is 1. The number of benzene rings is 1. The normalized spacial score (nSPS) is 14.3. The van der Waals surface area contributed by atoms with Crippen molar-refractivity contribution in [1.82, 2.24) is 19.4 Å². The van der Waals surface area contributed by atoms with Gasteiger partial charge in [0.15, 0.2) is 0 Å². The van der Waals surface area contributed by atoms with Gasteiger partial charge in [-0.2, -0.15) is 13.2 Å². The third-order valence-corrected chi connectivity index (χ3v) is 7.84. The number of likely N-dealkylation sites (N-methyl/N-ethyl adjacent to an activating group) is 1. The van der Waals surface area contributed by atoms with E-state index >= 15 is 0 Å². The number of carbonyl (C=O) groups is 2. The smallest absolute Gasteiger partial charge is 0.367 e. The summed E-state index contributed by atoms with van der Waals surface area (Å²) in [7, 11) is 0. The lowest BCUT2D eigenvalue weighted by atomic mass is 10.1. The zero-order valence-electron chi connectivity index (χ0n) is 20.8. The van der Waals surface area contributed by atoms with Crippen LogP contribution in [0.1, 0.15) is 34.6 Å². The molecule has 1 fully saturated rings. The molecule has 3 heterocycles. The minimum Gasteiger partial charge on any atom is -0.367 e. The topological polar surface area (TPSA) is 78.8 Å². The van der Waals surface area contributed by atoms with Gasteiger partial charge in [-0.05, 0) is 38.5 Å².